The second-order valence-corrected chi connectivity index (χ2v) is 9.51. The molecule has 0 aromatic heterocycles. The molecule has 4 rings (SSSR count). The molecule has 0 amide bonds. The van der Waals surface area contributed by atoms with Gasteiger partial charge in [0.2, 0.25) is 0 Å². The molecule has 2 heterocycles. The number of rotatable bonds is 5. The van der Waals surface area contributed by atoms with Crippen molar-refractivity contribution in [2.24, 2.45) is 0 Å². The standard InChI is InChI=1S/C23H29ClN2S/c1-17(2)26-14-12-25(13-15-26)11-5-7-19-20-6-3-4-8-22(20)27-23-16-18(24)9-10-21(19)23/h3-4,6,8-10,16-17,19H,5,7,11-15H2,1-2H3. The van der Waals surface area contributed by atoms with Crippen molar-refractivity contribution >= 4 is 23.4 Å². The van der Waals surface area contributed by atoms with Crippen LogP contribution in [0.1, 0.15) is 43.7 Å². The van der Waals surface area contributed by atoms with E-state index in [-0.39, 0.29) is 0 Å². The van der Waals surface area contributed by atoms with Gasteiger partial charge in [0.25, 0.3) is 0 Å². The van der Waals surface area contributed by atoms with Gasteiger partial charge in [-0.05, 0) is 62.6 Å². The zero-order valence-corrected chi connectivity index (χ0v) is 17.9. The maximum atomic E-state index is 6.27. The van der Waals surface area contributed by atoms with Crippen molar-refractivity contribution in [2.45, 2.75) is 48.4 Å². The highest BCUT2D eigenvalue weighted by Gasteiger charge is 2.26. The molecule has 0 bridgehead atoms. The molecule has 27 heavy (non-hydrogen) atoms. The number of benzene rings is 2. The van der Waals surface area contributed by atoms with E-state index in [1.165, 1.54) is 66.5 Å². The van der Waals surface area contributed by atoms with Gasteiger partial charge in [-0.25, -0.2) is 0 Å². The number of halogens is 1. The highest BCUT2D eigenvalue weighted by molar-refractivity contribution is 7.99. The van der Waals surface area contributed by atoms with Crippen LogP contribution in [0.25, 0.3) is 0 Å². The van der Waals surface area contributed by atoms with Gasteiger partial charge in [-0.3, -0.25) is 4.90 Å². The summed E-state index contributed by atoms with van der Waals surface area (Å²) >= 11 is 8.13. The fourth-order valence-corrected chi connectivity index (χ4v) is 5.83. The summed E-state index contributed by atoms with van der Waals surface area (Å²) in [6.07, 6.45) is 2.45. The topological polar surface area (TPSA) is 6.48 Å². The van der Waals surface area contributed by atoms with Crippen LogP contribution in [0.4, 0.5) is 0 Å². The first kappa shape index (κ1) is 19.3. The predicted octanol–water partition coefficient (Wildman–Crippen LogP) is 5.74. The largest absolute Gasteiger partial charge is 0.301 e. The summed E-state index contributed by atoms with van der Waals surface area (Å²) in [6.45, 7) is 10.7. The van der Waals surface area contributed by atoms with Crippen molar-refractivity contribution < 1.29 is 0 Å². The molecule has 2 aromatic rings. The first-order valence-electron chi connectivity index (χ1n) is 10.1. The van der Waals surface area contributed by atoms with Crippen molar-refractivity contribution in [3.63, 3.8) is 0 Å². The lowest BCUT2D eigenvalue weighted by molar-refractivity contribution is 0.107. The van der Waals surface area contributed by atoms with Crippen molar-refractivity contribution in [3.05, 3.63) is 58.6 Å². The number of piperazine rings is 1. The Bertz CT molecular complexity index is 784. The van der Waals surface area contributed by atoms with Crippen molar-refractivity contribution in [1.29, 1.82) is 0 Å². The second kappa shape index (κ2) is 8.57. The van der Waals surface area contributed by atoms with Gasteiger partial charge in [0.1, 0.15) is 0 Å². The third kappa shape index (κ3) is 4.37. The van der Waals surface area contributed by atoms with Gasteiger partial charge in [-0.15, -0.1) is 0 Å². The number of fused-ring (bicyclic) bond motifs is 2. The van der Waals surface area contributed by atoms with Gasteiger partial charge in [-0.1, -0.05) is 47.6 Å². The summed E-state index contributed by atoms with van der Waals surface area (Å²) in [5.74, 6) is 0.492. The van der Waals surface area contributed by atoms with Crippen LogP contribution in [0.3, 0.4) is 0 Å². The maximum absolute atomic E-state index is 6.27. The minimum atomic E-state index is 0.492. The van der Waals surface area contributed by atoms with E-state index in [0.29, 0.717) is 12.0 Å². The molecule has 0 N–H and O–H groups in total. The van der Waals surface area contributed by atoms with E-state index < -0.39 is 0 Å². The molecule has 1 fully saturated rings. The monoisotopic (exact) mass is 400 g/mol. The Morgan fingerprint density at radius 3 is 2.52 bits per heavy atom. The lowest BCUT2D eigenvalue weighted by atomic mass is 9.87. The average Bonchev–Trinajstić information content (AvgIpc) is 2.67. The molecule has 144 valence electrons. The van der Waals surface area contributed by atoms with Crippen LogP contribution < -0.4 is 0 Å². The Labute approximate surface area is 172 Å². The fraction of sp³-hybridized carbons (Fsp3) is 0.478. The van der Waals surface area contributed by atoms with Gasteiger partial charge in [0.15, 0.2) is 0 Å². The molecular weight excluding hydrogens is 372 g/mol. The van der Waals surface area contributed by atoms with Crippen LogP contribution in [0.2, 0.25) is 5.02 Å². The van der Waals surface area contributed by atoms with Gasteiger partial charge in [0.05, 0.1) is 0 Å². The molecule has 4 heteroatoms. The molecule has 0 spiro atoms. The van der Waals surface area contributed by atoms with Crippen molar-refractivity contribution in [1.82, 2.24) is 9.80 Å². The smallest absolute Gasteiger partial charge is 0.0417 e. The van der Waals surface area contributed by atoms with E-state index in [2.05, 4.69) is 60.0 Å². The highest BCUT2D eigenvalue weighted by Crippen LogP contribution is 2.48. The maximum Gasteiger partial charge on any atom is 0.0417 e. The van der Waals surface area contributed by atoms with Crippen LogP contribution in [0, 0.1) is 0 Å². The van der Waals surface area contributed by atoms with Crippen molar-refractivity contribution in [2.75, 3.05) is 32.7 Å². The zero-order valence-electron chi connectivity index (χ0n) is 16.3. The summed E-state index contributed by atoms with van der Waals surface area (Å²) in [7, 11) is 0. The normalized spacial score (nSPS) is 20.5. The van der Waals surface area contributed by atoms with Crippen LogP contribution in [0.5, 0.6) is 0 Å². The van der Waals surface area contributed by atoms with Gasteiger partial charge in [-0.2, -0.15) is 0 Å². The number of nitrogens with zero attached hydrogens (tertiary/aromatic N) is 2. The van der Waals surface area contributed by atoms with Crippen LogP contribution in [-0.2, 0) is 0 Å². The minimum absolute atomic E-state index is 0.492. The number of hydrogen-bond acceptors (Lipinski definition) is 3. The second-order valence-electron chi connectivity index (χ2n) is 7.99. The summed E-state index contributed by atoms with van der Waals surface area (Å²) in [5, 5.41) is 0.836. The van der Waals surface area contributed by atoms with Crippen LogP contribution in [-0.4, -0.2) is 48.6 Å². The van der Waals surface area contributed by atoms with Gasteiger partial charge >= 0.3 is 0 Å². The first-order chi connectivity index (χ1) is 13.1. The van der Waals surface area contributed by atoms with Gasteiger partial charge < -0.3 is 4.90 Å². The molecule has 2 aromatic carbocycles. The Hall–Kier alpha value is -1.00. The molecular formula is C23H29ClN2S. The molecule has 1 unspecified atom stereocenters. The summed E-state index contributed by atoms with van der Waals surface area (Å²) in [4.78, 5) is 7.95. The average molecular weight is 401 g/mol. The molecule has 1 saturated heterocycles. The SMILES string of the molecule is CC(C)N1CCN(CCCC2c3ccccc3Sc3cc(Cl)ccc32)CC1. The summed E-state index contributed by atoms with van der Waals surface area (Å²) in [6, 6.07) is 16.0. The highest BCUT2D eigenvalue weighted by atomic mass is 35.5. The molecule has 0 saturated carbocycles. The van der Waals surface area contributed by atoms with Crippen LogP contribution in [0.15, 0.2) is 52.3 Å². The molecule has 0 radical (unpaired) electrons. The quantitative estimate of drug-likeness (QED) is 0.631. The third-order valence-corrected chi connectivity index (χ3v) is 7.37. The number of hydrogen-bond donors (Lipinski definition) is 0. The van der Waals surface area contributed by atoms with E-state index in [1.54, 1.807) is 0 Å². The Morgan fingerprint density at radius 2 is 1.74 bits per heavy atom. The van der Waals surface area contributed by atoms with E-state index in [1.807, 2.05) is 17.8 Å². The van der Waals surface area contributed by atoms with Crippen LogP contribution >= 0.6 is 23.4 Å². The Balaban J connectivity index is 1.42. The minimum Gasteiger partial charge on any atom is -0.301 e. The first-order valence-corrected chi connectivity index (χ1v) is 11.3. The molecule has 0 aliphatic carbocycles. The van der Waals surface area contributed by atoms with Gasteiger partial charge in [0, 0.05) is 53.0 Å². The molecule has 2 nitrogen and oxygen atoms in total. The fourth-order valence-electron chi connectivity index (χ4n) is 4.37. The van der Waals surface area contributed by atoms with E-state index >= 15 is 0 Å². The lowest BCUT2D eigenvalue weighted by Gasteiger charge is -2.37. The molecule has 1 atom stereocenters. The zero-order chi connectivity index (χ0) is 18.8. The van der Waals surface area contributed by atoms with Crippen molar-refractivity contribution in [3.8, 4) is 0 Å². The van der Waals surface area contributed by atoms with E-state index in [4.69, 9.17) is 11.6 Å². The third-order valence-electron chi connectivity index (χ3n) is 5.97. The molecule has 2 aliphatic rings. The molecule has 2 aliphatic heterocycles. The Morgan fingerprint density at radius 1 is 1.00 bits per heavy atom. The lowest BCUT2D eigenvalue weighted by Crippen LogP contribution is -2.48. The Kier molecular flexibility index (Phi) is 6.13. The predicted molar refractivity (Wildman–Crippen MR) is 116 cm³/mol. The van der Waals surface area contributed by atoms with E-state index in [9.17, 15) is 0 Å². The summed E-state index contributed by atoms with van der Waals surface area (Å²) < 4.78 is 0. The van der Waals surface area contributed by atoms with E-state index in [0.717, 1.165) is 5.02 Å². The summed E-state index contributed by atoms with van der Waals surface area (Å²) in [5.41, 5.74) is 2.94.